The van der Waals surface area contributed by atoms with Gasteiger partial charge in [-0.15, -0.1) is 0 Å². The van der Waals surface area contributed by atoms with Crippen molar-refractivity contribution >= 4 is 15.7 Å². The first-order valence-corrected chi connectivity index (χ1v) is 9.34. The number of hydrogen-bond acceptors (Lipinski definition) is 4. The summed E-state index contributed by atoms with van der Waals surface area (Å²) in [6.07, 6.45) is 0.552. The molecule has 6 heteroatoms. The van der Waals surface area contributed by atoms with Crippen molar-refractivity contribution in [1.82, 2.24) is 0 Å². The van der Waals surface area contributed by atoms with Gasteiger partial charge in [0.2, 0.25) is 0 Å². The summed E-state index contributed by atoms with van der Waals surface area (Å²) >= 11 is 0. The smallest absolute Gasteiger partial charge is 0.268 e. The number of fused-ring (bicyclic) bond motifs is 1. The first kappa shape index (κ1) is 16.6. The van der Waals surface area contributed by atoms with Gasteiger partial charge in [-0.25, -0.2) is 8.42 Å². The topological polar surface area (TPSA) is 55.8 Å². The van der Waals surface area contributed by atoms with Crippen LogP contribution in [0.15, 0.2) is 47.4 Å². The molecule has 0 radical (unpaired) electrons. The number of methoxy groups -OCH3 is 1. The van der Waals surface area contributed by atoms with Crippen molar-refractivity contribution in [3.8, 4) is 11.5 Å². The third-order valence-corrected chi connectivity index (χ3v) is 5.94. The number of sulfonamides is 1. The van der Waals surface area contributed by atoms with Crippen LogP contribution in [0.2, 0.25) is 0 Å². The van der Waals surface area contributed by atoms with Crippen LogP contribution in [0.3, 0.4) is 0 Å². The molecule has 1 heterocycles. The number of rotatable bonds is 4. The minimum absolute atomic E-state index is 0.175. The molecule has 0 bridgehead atoms. The molecule has 2 aromatic rings. The molecule has 2 aromatic carbocycles. The second kappa shape index (κ2) is 6.36. The van der Waals surface area contributed by atoms with E-state index in [0.29, 0.717) is 17.2 Å². The third-order valence-electron chi connectivity index (χ3n) is 4.14. The lowest BCUT2D eigenvalue weighted by Gasteiger charge is -2.35. The lowest BCUT2D eigenvalue weighted by molar-refractivity contribution is 0.195. The highest BCUT2D eigenvalue weighted by Gasteiger charge is 2.35. The molecule has 0 N–H and O–H groups in total. The molecule has 1 aliphatic heterocycles. The average Bonchev–Trinajstić information content (AvgIpc) is 2.60. The SMILES string of the molecule is CCC1CN(S(=O)(=O)c2cc(C)ccc2OC)c2ccccc2O1. The van der Waals surface area contributed by atoms with Crippen LogP contribution in [-0.4, -0.2) is 28.2 Å². The third kappa shape index (κ3) is 2.82. The Hall–Kier alpha value is -2.21. The van der Waals surface area contributed by atoms with E-state index in [1.165, 1.54) is 11.4 Å². The van der Waals surface area contributed by atoms with Crippen LogP contribution in [0.25, 0.3) is 0 Å². The Balaban J connectivity index is 2.15. The predicted octanol–water partition coefficient (Wildman–Crippen LogP) is 3.37. The Morgan fingerprint density at radius 1 is 1.25 bits per heavy atom. The maximum atomic E-state index is 13.3. The van der Waals surface area contributed by atoms with E-state index in [2.05, 4.69) is 0 Å². The van der Waals surface area contributed by atoms with Crippen LogP contribution in [0.4, 0.5) is 5.69 Å². The molecule has 5 nitrogen and oxygen atoms in total. The largest absolute Gasteiger partial charge is 0.495 e. The standard InChI is InChI=1S/C18H21NO4S/c1-4-14-12-19(15-7-5-6-8-16(15)23-14)24(20,21)18-11-13(2)9-10-17(18)22-3/h5-11,14H,4,12H2,1-3H3. The maximum Gasteiger partial charge on any atom is 0.268 e. The van der Waals surface area contributed by atoms with Gasteiger partial charge < -0.3 is 9.47 Å². The normalized spacial score (nSPS) is 17.1. The molecule has 128 valence electrons. The van der Waals surface area contributed by atoms with Gasteiger partial charge in [0.1, 0.15) is 22.5 Å². The van der Waals surface area contributed by atoms with Crippen molar-refractivity contribution in [2.24, 2.45) is 0 Å². The van der Waals surface area contributed by atoms with E-state index in [-0.39, 0.29) is 17.5 Å². The summed E-state index contributed by atoms with van der Waals surface area (Å²) in [6, 6.07) is 12.4. The van der Waals surface area contributed by atoms with Crippen molar-refractivity contribution in [3.05, 3.63) is 48.0 Å². The van der Waals surface area contributed by atoms with Gasteiger partial charge in [-0.2, -0.15) is 0 Å². The molecule has 0 amide bonds. The van der Waals surface area contributed by atoms with Gasteiger partial charge in [0.15, 0.2) is 0 Å². The first-order chi connectivity index (χ1) is 11.5. The van der Waals surface area contributed by atoms with Crippen LogP contribution >= 0.6 is 0 Å². The van der Waals surface area contributed by atoms with E-state index < -0.39 is 10.0 Å². The Morgan fingerprint density at radius 3 is 2.71 bits per heavy atom. The molecule has 24 heavy (non-hydrogen) atoms. The summed E-state index contributed by atoms with van der Waals surface area (Å²) in [5.41, 5.74) is 1.42. The molecule has 0 aromatic heterocycles. The molecule has 1 unspecified atom stereocenters. The molecular formula is C18H21NO4S. The number of hydrogen-bond donors (Lipinski definition) is 0. The van der Waals surface area contributed by atoms with Gasteiger partial charge in [-0.1, -0.05) is 25.1 Å². The molecule has 0 saturated carbocycles. The number of aryl methyl sites for hydroxylation is 1. The van der Waals surface area contributed by atoms with Gasteiger partial charge >= 0.3 is 0 Å². The minimum Gasteiger partial charge on any atom is -0.495 e. The predicted molar refractivity (Wildman–Crippen MR) is 93.4 cm³/mol. The highest BCUT2D eigenvalue weighted by Crippen LogP contribution is 2.39. The van der Waals surface area contributed by atoms with Crippen molar-refractivity contribution < 1.29 is 17.9 Å². The summed E-state index contributed by atoms with van der Waals surface area (Å²) in [4.78, 5) is 0.177. The molecule has 0 aliphatic carbocycles. The molecule has 1 atom stereocenters. The Morgan fingerprint density at radius 2 is 2.00 bits per heavy atom. The average molecular weight is 347 g/mol. The summed E-state index contributed by atoms with van der Waals surface area (Å²) < 4.78 is 39.3. The van der Waals surface area contributed by atoms with Crippen molar-refractivity contribution in [3.63, 3.8) is 0 Å². The highest BCUT2D eigenvalue weighted by molar-refractivity contribution is 7.93. The lowest BCUT2D eigenvalue weighted by atomic mass is 10.2. The minimum atomic E-state index is -3.76. The number of anilines is 1. The summed E-state index contributed by atoms with van der Waals surface area (Å²) in [5, 5.41) is 0. The summed E-state index contributed by atoms with van der Waals surface area (Å²) in [7, 11) is -2.28. The van der Waals surface area contributed by atoms with Crippen molar-refractivity contribution in [2.75, 3.05) is 18.0 Å². The monoisotopic (exact) mass is 347 g/mol. The highest BCUT2D eigenvalue weighted by atomic mass is 32.2. The van der Waals surface area contributed by atoms with Gasteiger partial charge in [-0.3, -0.25) is 4.31 Å². The Kier molecular flexibility index (Phi) is 4.41. The number of ether oxygens (including phenoxy) is 2. The molecule has 3 rings (SSSR count). The Bertz CT molecular complexity index is 848. The van der Waals surface area contributed by atoms with E-state index in [4.69, 9.17) is 9.47 Å². The number of benzene rings is 2. The van der Waals surface area contributed by atoms with Crippen LogP contribution in [-0.2, 0) is 10.0 Å². The summed E-state index contributed by atoms with van der Waals surface area (Å²) in [5.74, 6) is 0.934. The van der Waals surface area contributed by atoms with Gasteiger partial charge in [-0.05, 0) is 43.2 Å². The molecule has 0 fully saturated rings. The van der Waals surface area contributed by atoms with E-state index in [1.807, 2.05) is 32.0 Å². The maximum absolute atomic E-state index is 13.3. The van der Waals surface area contributed by atoms with Crippen LogP contribution in [0, 0.1) is 6.92 Å². The van der Waals surface area contributed by atoms with Gasteiger partial charge in [0.25, 0.3) is 10.0 Å². The van der Waals surface area contributed by atoms with E-state index >= 15 is 0 Å². The molecular weight excluding hydrogens is 326 g/mol. The number of nitrogens with zero attached hydrogens (tertiary/aromatic N) is 1. The van der Waals surface area contributed by atoms with E-state index in [9.17, 15) is 8.42 Å². The molecule has 0 saturated heterocycles. The zero-order chi connectivity index (χ0) is 17.3. The first-order valence-electron chi connectivity index (χ1n) is 7.90. The van der Waals surface area contributed by atoms with Crippen LogP contribution < -0.4 is 13.8 Å². The quantitative estimate of drug-likeness (QED) is 0.851. The van der Waals surface area contributed by atoms with Crippen LogP contribution in [0.1, 0.15) is 18.9 Å². The van der Waals surface area contributed by atoms with Gasteiger partial charge in [0.05, 0.1) is 19.3 Å². The lowest BCUT2D eigenvalue weighted by Crippen LogP contribution is -2.43. The zero-order valence-electron chi connectivity index (χ0n) is 14.0. The fourth-order valence-corrected chi connectivity index (χ4v) is 4.56. The second-order valence-electron chi connectivity index (χ2n) is 5.81. The fraction of sp³-hybridized carbons (Fsp3) is 0.333. The Labute approximate surface area is 142 Å². The molecule has 1 aliphatic rings. The van der Waals surface area contributed by atoms with Gasteiger partial charge in [0, 0.05) is 0 Å². The van der Waals surface area contributed by atoms with E-state index in [0.717, 1.165) is 12.0 Å². The van der Waals surface area contributed by atoms with Crippen molar-refractivity contribution in [2.45, 2.75) is 31.3 Å². The fourth-order valence-electron chi connectivity index (χ4n) is 2.81. The van der Waals surface area contributed by atoms with Crippen LogP contribution in [0.5, 0.6) is 11.5 Å². The van der Waals surface area contributed by atoms with Crippen molar-refractivity contribution in [1.29, 1.82) is 0 Å². The summed E-state index contributed by atoms with van der Waals surface area (Å²) in [6.45, 7) is 4.13. The molecule has 0 spiro atoms. The van der Waals surface area contributed by atoms with E-state index in [1.54, 1.807) is 24.3 Å². The zero-order valence-corrected chi connectivity index (χ0v) is 14.8. The number of para-hydroxylation sites is 2. The second-order valence-corrected chi connectivity index (χ2v) is 7.64.